The van der Waals surface area contributed by atoms with E-state index < -0.39 is 0 Å². The van der Waals surface area contributed by atoms with Gasteiger partial charge in [0.15, 0.2) is 0 Å². The van der Waals surface area contributed by atoms with Gasteiger partial charge >= 0.3 is 0 Å². The van der Waals surface area contributed by atoms with Gasteiger partial charge in [-0.15, -0.1) is 0 Å². The van der Waals surface area contributed by atoms with Crippen molar-refractivity contribution in [2.24, 2.45) is 0 Å². The maximum atomic E-state index is 13.3. The van der Waals surface area contributed by atoms with Crippen LogP contribution in [0.4, 0.5) is 4.39 Å². The van der Waals surface area contributed by atoms with Crippen molar-refractivity contribution < 1.29 is 4.39 Å². The quantitative estimate of drug-likeness (QED) is 0.873. The van der Waals surface area contributed by atoms with Crippen molar-refractivity contribution in [1.82, 2.24) is 5.32 Å². The molecule has 1 N–H and O–H groups in total. The highest BCUT2D eigenvalue weighted by molar-refractivity contribution is 6.33. The maximum absolute atomic E-state index is 13.3. The summed E-state index contributed by atoms with van der Waals surface area (Å²) < 4.78 is 13.3. The fourth-order valence-corrected chi connectivity index (χ4v) is 2.28. The largest absolute Gasteiger partial charge is 0.316 e. The van der Waals surface area contributed by atoms with Gasteiger partial charge < -0.3 is 5.32 Å². The smallest absolute Gasteiger partial charge is 0.123 e. The molecule has 1 nitrogen and oxygen atoms in total. The highest BCUT2D eigenvalue weighted by Crippen LogP contribution is 2.32. The van der Waals surface area contributed by atoms with Crippen LogP contribution in [0.2, 0.25) is 10.0 Å². The first-order valence-electron chi connectivity index (χ1n) is 5.50. The van der Waals surface area contributed by atoms with E-state index in [1.54, 1.807) is 12.1 Å². The fourth-order valence-electron chi connectivity index (χ4n) is 1.87. The third-order valence-electron chi connectivity index (χ3n) is 2.65. The van der Waals surface area contributed by atoms with Crippen LogP contribution in [0, 0.1) is 5.82 Å². The molecular weight excluding hydrogens is 272 g/mol. The Morgan fingerprint density at radius 3 is 2.56 bits per heavy atom. The van der Waals surface area contributed by atoms with Gasteiger partial charge in [-0.2, -0.15) is 0 Å². The minimum Gasteiger partial charge on any atom is -0.316 e. The molecule has 0 amide bonds. The molecule has 0 bridgehead atoms. The summed E-state index contributed by atoms with van der Waals surface area (Å²) in [5, 5.41) is 4.23. The third kappa shape index (κ3) is 2.83. The van der Waals surface area contributed by atoms with Crippen LogP contribution in [0.15, 0.2) is 36.4 Å². The Kier molecular flexibility index (Phi) is 4.23. The molecule has 0 spiro atoms. The molecule has 2 aromatic carbocycles. The van der Waals surface area contributed by atoms with Crippen molar-refractivity contribution in [3.8, 4) is 11.1 Å². The highest BCUT2D eigenvalue weighted by atomic mass is 35.5. The van der Waals surface area contributed by atoms with Crippen LogP contribution in [0.5, 0.6) is 0 Å². The molecule has 94 valence electrons. The molecule has 0 saturated heterocycles. The number of hydrogen-bond acceptors (Lipinski definition) is 1. The van der Waals surface area contributed by atoms with E-state index in [0.717, 1.165) is 11.1 Å². The molecule has 0 saturated carbocycles. The Balaban J connectivity index is 2.58. The van der Waals surface area contributed by atoms with Crippen molar-refractivity contribution in [3.63, 3.8) is 0 Å². The van der Waals surface area contributed by atoms with Crippen LogP contribution in [0.1, 0.15) is 5.56 Å². The lowest BCUT2D eigenvalue weighted by atomic mass is 9.99. The molecule has 0 heterocycles. The Morgan fingerprint density at radius 1 is 1.06 bits per heavy atom. The molecule has 18 heavy (non-hydrogen) atoms. The van der Waals surface area contributed by atoms with Crippen LogP contribution in [0.3, 0.4) is 0 Å². The van der Waals surface area contributed by atoms with Crippen LogP contribution in [0.25, 0.3) is 11.1 Å². The van der Waals surface area contributed by atoms with Gasteiger partial charge in [0.25, 0.3) is 0 Å². The molecular formula is C14H12Cl2FN. The van der Waals surface area contributed by atoms with E-state index >= 15 is 0 Å². The van der Waals surface area contributed by atoms with E-state index in [1.807, 2.05) is 19.2 Å². The van der Waals surface area contributed by atoms with E-state index in [2.05, 4.69) is 5.32 Å². The van der Waals surface area contributed by atoms with Crippen LogP contribution in [-0.4, -0.2) is 7.05 Å². The van der Waals surface area contributed by atoms with Crippen LogP contribution in [-0.2, 0) is 6.54 Å². The minimum absolute atomic E-state index is 0.306. The Hall–Kier alpha value is -1.09. The lowest BCUT2D eigenvalue weighted by Gasteiger charge is -2.11. The fraction of sp³-hybridized carbons (Fsp3) is 0.143. The zero-order chi connectivity index (χ0) is 13.1. The van der Waals surface area contributed by atoms with Crippen molar-refractivity contribution in [2.75, 3.05) is 7.05 Å². The predicted molar refractivity (Wildman–Crippen MR) is 74.6 cm³/mol. The first-order valence-corrected chi connectivity index (χ1v) is 6.26. The zero-order valence-corrected chi connectivity index (χ0v) is 11.3. The summed E-state index contributed by atoms with van der Waals surface area (Å²) >= 11 is 12.1. The summed E-state index contributed by atoms with van der Waals surface area (Å²) in [6.07, 6.45) is 0. The van der Waals surface area contributed by atoms with Crippen molar-refractivity contribution in [2.45, 2.75) is 6.54 Å². The Morgan fingerprint density at radius 2 is 1.83 bits per heavy atom. The zero-order valence-electron chi connectivity index (χ0n) is 9.81. The van der Waals surface area contributed by atoms with Gasteiger partial charge in [0.05, 0.1) is 0 Å². The molecule has 0 radical (unpaired) electrons. The highest BCUT2D eigenvalue weighted by Gasteiger charge is 2.10. The molecule has 4 heteroatoms. The molecule has 0 aliphatic carbocycles. The van der Waals surface area contributed by atoms with E-state index in [4.69, 9.17) is 23.2 Å². The van der Waals surface area contributed by atoms with E-state index in [9.17, 15) is 4.39 Å². The second-order valence-corrected chi connectivity index (χ2v) is 4.80. The molecule has 0 atom stereocenters. The molecule has 2 aromatic rings. The number of halogens is 3. The van der Waals surface area contributed by atoms with Crippen LogP contribution >= 0.6 is 23.2 Å². The van der Waals surface area contributed by atoms with Gasteiger partial charge in [-0.1, -0.05) is 29.3 Å². The summed E-state index contributed by atoms with van der Waals surface area (Å²) in [5.41, 5.74) is 2.55. The first kappa shape index (κ1) is 13.3. The second-order valence-electron chi connectivity index (χ2n) is 3.96. The van der Waals surface area contributed by atoms with E-state index in [0.29, 0.717) is 22.2 Å². The minimum atomic E-state index is -0.306. The van der Waals surface area contributed by atoms with Crippen molar-refractivity contribution in [3.05, 3.63) is 57.8 Å². The molecule has 0 unspecified atom stereocenters. The number of rotatable bonds is 3. The van der Waals surface area contributed by atoms with Gasteiger partial charge in [-0.25, -0.2) is 4.39 Å². The van der Waals surface area contributed by atoms with Gasteiger partial charge in [0, 0.05) is 22.2 Å². The number of nitrogens with one attached hydrogen (secondary N) is 1. The monoisotopic (exact) mass is 283 g/mol. The second kappa shape index (κ2) is 5.70. The molecule has 2 rings (SSSR count). The Bertz CT molecular complexity index is 570. The average Bonchev–Trinajstić information content (AvgIpc) is 2.33. The standard InChI is InChI=1S/C14H12Cl2FN/c1-18-8-9-6-10(15)2-4-12(9)13-7-11(17)3-5-14(13)16/h2-7,18H,8H2,1H3. The van der Waals surface area contributed by atoms with Gasteiger partial charge in [-0.3, -0.25) is 0 Å². The van der Waals surface area contributed by atoms with Gasteiger partial charge in [0.2, 0.25) is 0 Å². The average molecular weight is 284 g/mol. The Labute approximate surface area is 116 Å². The van der Waals surface area contributed by atoms with Crippen molar-refractivity contribution >= 4 is 23.2 Å². The molecule has 0 fully saturated rings. The lowest BCUT2D eigenvalue weighted by molar-refractivity contribution is 0.628. The summed E-state index contributed by atoms with van der Waals surface area (Å²) in [6.45, 7) is 0.642. The van der Waals surface area contributed by atoms with Crippen molar-refractivity contribution in [1.29, 1.82) is 0 Å². The summed E-state index contributed by atoms with van der Waals surface area (Å²) in [5.74, 6) is -0.306. The molecule has 0 aliphatic rings. The summed E-state index contributed by atoms with van der Waals surface area (Å²) in [6, 6.07) is 9.83. The van der Waals surface area contributed by atoms with Crippen LogP contribution < -0.4 is 5.32 Å². The SMILES string of the molecule is CNCc1cc(Cl)ccc1-c1cc(F)ccc1Cl. The summed E-state index contributed by atoms with van der Waals surface area (Å²) in [7, 11) is 1.85. The van der Waals surface area contributed by atoms with Gasteiger partial charge in [-0.05, 0) is 48.5 Å². The lowest BCUT2D eigenvalue weighted by Crippen LogP contribution is -2.06. The maximum Gasteiger partial charge on any atom is 0.123 e. The summed E-state index contributed by atoms with van der Waals surface area (Å²) in [4.78, 5) is 0. The predicted octanol–water partition coefficient (Wildman–Crippen LogP) is 4.52. The molecule has 0 aromatic heterocycles. The third-order valence-corrected chi connectivity index (χ3v) is 3.22. The topological polar surface area (TPSA) is 12.0 Å². The first-order chi connectivity index (χ1) is 8.61. The number of benzene rings is 2. The van der Waals surface area contributed by atoms with E-state index in [1.165, 1.54) is 12.1 Å². The van der Waals surface area contributed by atoms with E-state index in [-0.39, 0.29) is 5.82 Å². The van der Waals surface area contributed by atoms with Gasteiger partial charge in [0.1, 0.15) is 5.82 Å². The molecule has 0 aliphatic heterocycles. The number of hydrogen-bond donors (Lipinski definition) is 1. The normalized spacial score (nSPS) is 10.7.